The van der Waals surface area contributed by atoms with Gasteiger partial charge in [0.2, 0.25) is 0 Å². The number of pyridine rings is 1. The summed E-state index contributed by atoms with van der Waals surface area (Å²) >= 11 is 0. The zero-order valence-corrected chi connectivity index (χ0v) is 20.0. The number of nitrogens with zero attached hydrogens (tertiary/aromatic N) is 7. The minimum atomic E-state index is 0.440. The Morgan fingerprint density at radius 2 is 1.77 bits per heavy atom. The van der Waals surface area contributed by atoms with Gasteiger partial charge in [-0.15, -0.1) is 0 Å². The SMILES string of the molecule is Cc1cccc(-c2nn(Cc3cc(N4CCN(C)CC4)nc4ccccc34)c3ncnc(N)c23)c1. The van der Waals surface area contributed by atoms with E-state index >= 15 is 0 Å². The molecule has 0 saturated carbocycles. The first-order valence-electron chi connectivity index (χ1n) is 11.9. The van der Waals surface area contributed by atoms with Gasteiger partial charge in [-0.25, -0.2) is 19.6 Å². The van der Waals surface area contributed by atoms with Gasteiger partial charge in [0.1, 0.15) is 23.7 Å². The Balaban J connectivity index is 1.48. The first kappa shape index (κ1) is 21.5. The predicted octanol–water partition coefficient (Wildman–Crippen LogP) is 3.73. The summed E-state index contributed by atoms with van der Waals surface area (Å²) < 4.78 is 1.95. The van der Waals surface area contributed by atoms with Crippen LogP contribution < -0.4 is 10.6 Å². The molecule has 1 aliphatic rings. The number of likely N-dealkylation sites (N-methyl/N-ethyl adjacent to an activating group) is 1. The average molecular weight is 465 g/mol. The maximum absolute atomic E-state index is 6.34. The molecule has 1 aliphatic heterocycles. The summed E-state index contributed by atoms with van der Waals surface area (Å²) in [6.07, 6.45) is 1.51. The number of nitrogen functional groups attached to an aromatic ring is 1. The largest absolute Gasteiger partial charge is 0.383 e. The van der Waals surface area contributed by atoms with Crippen molar-refractivity contribution in [2.45, 2.75) is 13.5 Å². The fourth-order valence-corrected chi connectivity index (χ4v) is 4.86. The summed E-state index contributed by atoms with van der Waals surface area (Å²) in [6, 6.07) is 18.8. The highest BCUT2D eigenvalue weighted by molar-refractivity contribution is 5.98. The Bertz CT molecular complexity index is 1530. The highest BCUT2D eigenvalue weighted by Crippen LogP contribution is 2.32. The number of rotatable bonds is 4. The summed E-state index contributed by atoms with van der Waals surface area (Å²) in [5.41, 5.74) is 12.2. The summed E-state index contributed by atoms with van der Waals surface area (Å²) in [5, 5.41) is 6.92. The summed E-state index contributed by atoms with van der Waals surface area (Å²) in [7, 11) is 2.17. The number of fused-ring (bicyclic) bond motifs is 2. The number of benzene rings is 2. The lowest BCUT2D eigenvalue weighted by Gasteiger charge is -2.33. The molecule has 2 aromatic carbocycles. The number of anilines is 2. The fourth-order valence-electron chi connectivity index (χ4n) is 4.86. The molecule has 1 saturated heterocycles. The predicted molar refractivity (Wildman–Crippen MR) is 140 cm³/mol. The number of hydrogen-bond acceptors (Lipinski definition) is 7. The average Bonchev–Trinajstić information content (AvgIpc) is 3.24. The number of aryl methyl sites for hydroxylation is 1. The molecule has 8 nitrogen and oxygen atoms in total. The molecule has 1 fully saturated rings. The molecule has 0 radical (unpaired) electrons. The van der Waals surface area contributed by atoms with Crippen LogP contribution in [0.1, 0.15) is 11.1 Å². The molecule has 176 valence electrons. The van der Waals surface area contributed by atoms with Crippen LogP contribution in [0.15, 0.2) is 60.9 Å². The van der Waals surface area contributed by atoms with Gasteiger partial charge < -0.3 is 15.5 Å². The van der Waals surface area contributed by atoms with Crippen molar-refractivity contribution in [3.8, 4) is 11.3 Å². The number of nitrogens with two attached hydrogens (primary N) is 1. The Labute approximate surface area is 204 Å². The number of para-hydroxylation sites is 1. The lowest BCUT2D eigenvalue weighted by Crippen LogP contribution is -2.44. The van der Waals surface area contributed by atoms with E-state index in [2.05, 4.69) is 76.2 Å². The number of piperazine rings is 1. The molecule has 2 N–H and O–H groups in total. The number of hydrogen-bond donors (Lipinski definition) is 1. The van der Waals surface area contributed by atoms with Crippen molar-refractivity contribution in [2.24, 2.45) is 0 Å². The first-order valence-corrected chi connectivity index (χ1v) is 11.9. The van der Waals surface area contributed by atoms with Gasteiger partial charge in [0.15, 0.2) is 5.65 Å². The maximum Gasteiger partial charge on any atom is 0.164 e. The molecule has 0 aliphatic carbocycles. The molecule has 5 aromatic rings. The highest BCUT2D eigenvalue weighted by Gasteiger charge is 2.20. The van der Waals surface area contributed by atoms with Gasteiger partial charge in [-0.05, 0) is 37.7 Å². The molecule has 8 heteroatoms. The van der Waals surface area contributed by atoms with Crippen LogP contribution in [0.25, 0.3) is 33.2 Å². The normalized spacial score (nSPS) is 14.7. The Morgan fingerprint density at radius 3 is 2.60 bits per heavy atom. The Morgan fingerprint density at radius 1 is 0.943 bits per heavy atom. The molecule has 4 heterocycles. The van der Waals surface area contributed by atoms with Crippen LogP contribution in [-0.4, -0.2) is 62.9 Å². The van der Waals surface area contributed by atoms with Crippen LogP contribution >= 0.6 is 0 Å². The molecule has 6 rings (SSSR count). The van der Waals surface area contributed by atoms with Gasteiger partial charge in [0.25, 0.3) is 0 Å². The van der Waals surface area contributed by atoms with Crippen molar-refractivity contribution in [3.05, 3.63) is 72.1 Å². The molecular formula is C27H28N8. The van der Waals surface area contributed by atoms with E-state index in [0.29, 0.717) is 12.4 Å². The molecule has 0 spiro atoms. The minimum Gasteiger partial charge on any atom is -0.383 e. The smallest absolute Gasteiger partial charge is 0.164 e. The summed E-state index contributed by atoms with van der Waals surface area (Å²) in [6.45, 7) is 6.63. The highest BCUT2D eigenvalue weighted by atomic mass is 15.3. The molecular weight excluding hydrogens is 436 g/mol. The number of aromatic nitrogens is 5. The van der Waals surface area contributed by atoms with Crippen molar-refractivity contribution < 1.29 is 0 Å². The first-order chi connectivity index (χ1) is 17.1. The van der Waals surface area contributed by atoms with Crippen molar-refractivity contribution in [2.75, 3.05) is 43.9 Å². The molecule has 0 bridgehead atoms. The molecule has 0 amide bonds. The van der Waals surface area contributed by atoms with Gasteiger partial charge in [-0.2, -0.15) is 5.10 Å². The van der Waals surface area contributed by atoms with E-state index in [1.54, 1.807) is 0 Å². The van der Waals surface area contributed by atoms with E-state index in [9.17, 15) is 0 Å². The second-order valence-corrected chi connectivity index (χ2v) is 9.28. The van der Waals surface area contributed by atoms with E-state index in [1.165, 1.54) is 6.33 Å². The van der Waals surface area contributed by atoms with Crippen molar-refractivity contribution in [3.63, 3.8) is 0 Å². The lowest BCUT2D eigenvalue weighted by atomic mass is 10.1. The third-order valence-electron chi connectivity index (χ3n) is 6.79. The third kappa shape index (κ3) is 3.95. The van der Waals surface area contributed by atoms with Gasteiger partial charge in [-0.3, -0.25) is 0 Å². The summed E-state index contributed by atoms with van der Waals surface area (Å²) in [4.78, 5) is 18.6. The zero-order chi connectivity index (χ0) is 23.9. The minimum absolute atomic E-state index is 0.440. The van der Waals surface area contributed by atoms with Crippen LogP contribution in [0.5, 0.6) is 0 Å². The van der Waals surface area contributed by atoms with Gasteiger partial charge in [0, 0.05) is 37.1 Å². The molecule has 3 aromatic heterocycles. The van der Waals surface area contributed by atoms with Gasteiger partial charge in [-0.1, -0.05) is 42.0 Å². The van der Waals surface area contributed by atoms with E-state index < -0.39 is 0 Å². The Kier molecular flexibility index (Phi) is 5.30. The summed E-state index contributed by atoms with van der Waals surface area (Å²) in [5.74, 6) is 1.45. The third-order valence-corrected chi connectivity index (χ3v) is 6.79. The van der Waals surface area contributed by atoms with Crippen LogP contribution in [0, 0.1) is 6.92 Å². The maximum atomic E-state index is 6.34. The van der Waals surface area contributed by atoms with Crippen molar-refractivity contribution >= 4 is 33.6 Å². The van der Waals surface area contributed by atoms with Crippen LogP contribution in [0.4, 0.5) is 11.6 Å². The van der Waals surface area contributed by atoms with Crippen molar-refractivity contribution in [1.82, 2.24) is 29.6 Å². The fraction of sp³-hybridized carbons (Fsp3) is 0.259. The van der Waals surface area contributed by atoms with Crippen LogP contribution in [-0.2, 0) is 6.54 Å². The lowest BCUT2D eigenvalue weighted by molar-refractivity contribution is 0.312. The van der Waals surface area contributed by atoms with Crippen molar-refractivity contribution in [1.29, 1.82) is 0 Å². The van der Waals surface area contributed by atoms with E-state index in [4.69, 9.17) is 15.8 Å². The Hall–Kier alpha value is -4.04. The van der Waals surface area contributed by atoms with Gasteiger partial charge in [0.05, 0.1) is 17.4 Å². The molecule has 0 unspecified atom stereocenters. The molecule has 35 heavy (non-hydrogen) atoms. The second kappa shape index (κ2) is 8.63. The van der Waals surface area contributed by atoms with Gasteiger partial charge >= 0.3 is 0 Å². The topological polar surface area (TPSA) is 89.0 Å². The second-order valence-electron chi connectivity index (χ2n) is 9.28. The zero-order valence-electron chi connectivity index (χ0n) is 20.0. The molecule has 0 atom stereocenters. The van der Waals surface area contributed by atoms with E-state index in [0.717, 1.165) is 76.3 Å². The monoisotopic (exact) mass is 464 g/mol. The van der Waals surface area contributed by atoms with Crippen LogP contribution in [0.3, 0.4) is 0 Å². The van der Waals surface area contributed by atoms with E-state index in [-0.39, 0.29) is 0 Å². The van der Waals surface area contributed by atoms with E-state index in [1.807, 2.05) is 16.8 Å². The quantitative estimate of drug-likeness (QED) is 0.433. The van der Waals surface area contributed by atoms with Crippen LogP contribution in [0.2, 0.25) is 0 Å². The standard InChI is InChI=1S/C27H28N8/c1-18-6-5-7-19(14-18)25-24-26(28)29-17-30-27(24)35(32-25)16-20-15-23(34-12-10-33(2)11-13-34)31-22-9-4-3-8-21(20)22/h3-9,14-15,17H,10-13,16H2,1-2H3,(H2,28,29,30).